The standard InChI is InChI=1S/C15H15FN2O2/c1-10-8-13(16)6-7-14(10)20-9-11-2-4-12(5-3-11)15(17)18-19/h2-8,19H,9H2,1H3,(H2,17,18). The fourth-order valence-corrected chi connectivity index (χ4v) is 1.77. The third-order valence-corrected chi connectivity index (χ3v) is 2.89. The van der Waals surface area contributed by atoms with Gasteiger partial charge in [0.05, 0.1) is 0 Å². The Balaban J connectivity index is 2.04. The van der Waals surface area contributed by atoms with Gasteiger partial charge in [0.2, 0.25) is 0 Å². The predicted octanol–water partition coefficient (Wildman–Crippen LogP) is 2.81. The highest BCUT2D eigenvalue weighted by Gasteiger charge is 2.03. The van der Waals surface area contributed by atoms with E-state index in [2.05, 4.69) is 5.16 Å². The van der Waals surface area contributed by atoms with E-state index in [-0.39, 0.29) is 11.7 Å². The van der Waals surface area contributed by atoms with E-state index in [9.17, 15) is 4.39 Å². The molecule has 0 aliphatic heterocycles. The first-order valence-corrected chi connectivity index (χ1v) is 6.06. The van der Waals surface area contributed by atoms with Crippen molar-refractivity contribution in [3.8, 4) is 5.75 Å². The van der Waals surface area contributed by atoms with Gasteiger partial charge in [-0.1, -0.05) is 29.4 Å². The Hall–Kier alpha value is -2.56. The number of oxime groups is 1. The fraction of sp³-hybridized carbons (Fsp3) is 0.133. The van der Waals surface area contributed by atoms with E-state index < -0.39 is 0 Å². The molecule has 0 fully saturated rings. The lowest BCUT2D eigenvalue weighted by Gasteiger charge is -2.09. The molecule has 2 aromatic rings. The van der Waals surface area contributed by atoms with Crippen LogP contribution in [-0.2, 0) is 6.61 Å². The number of nitrogens with zero attached hydrogens (tertiary/aromatic N) is 1. The Morgan fingerprint density at radius 3 is 2.55 bits per heavy atom. The maximum Gasteiger partial charge on any atom is 0.170 e. The van der Waals surface area contributed by atoms with Crippen LogP contribution in [0.15, 0.2) is 47.6 Å². The number of halogens is 1. The van der Waals surface area contributed by atoms with Crippen molar-refractivity contribution < 1.29 is 14.3 Å². The monoisotopic (exact) mass is 274 g/mol. The van der Waals surface area contributed by atoms with Gasteiger partial charge in [-0.15, -0.1) is 0 Å². The summed E-state index contributed by atoms with van der Waals surface area (Å²) in [6.45, 7) is 2.16. The topological polar surface area (TPSA) is 67.8 Å². The molecule has 0 atom stereocenters. The summed E-state index contributed by atoms with van der Waals surface area (Å²) in [4.78, 5) is 0. The van der Waals surface area contributed by atoms with Crippen LogP contribution in [0.2, 0.25) is 0 Å². The molecule has 4 nitrogen and oxygen atoms in total. The van der Waals surface area contributed by atoms with E-state index in [4.69, 9.17) is 15.7 Å². The summed E-state index contributed by atoms with van der Waals surface area (Å²) in [5.74, 6) is 0.428. The normalized spacial score (nSPS) is 11.4. The molecule has 2 aromatic carbocycles. The SMILES string of the molecule is Cc1cc(F)ccc1OCc1ccc(/C(N)=N/O)cc1. The van der Waals surface area contributed by atoms with Gasteiger partial charge in [0.15, 0.2) is 5.84 Å². The van der Waals surface area contributed by atoms with Crippen molar-refractivity contribution in [1.82, 2.24) is 0 Å². The van der Waals surface area contributed by atoms with Crippen molar-refractivity contribution in [1.29, 1.82) is 0 Å². The maximum absolute atomic E-state index is 13.0. The quantitative estimate of drug-likeness (QED) is 0.390. The Bertz CT molecular complexity index is 624. The van der Waals surface area contributed by atoms with Gasteiger partial charge < -0.3 is 15.7 Å². The van der Waals surface area contributed by atoms with Crippen molar-refractivity contribution in [3.05, 3.63) is 65.0 Å². The van der Waals surface area contributed by atoms with E-state index >= 15 is 0 Å². The highest BCUT2D eigenvalue weighted by Crippen LogP contribution is 2.19. The lowest BCUT2D eigenvalue weighted by atomic mass is 10.1. The Morgan fingerprint density at radius 2 is 1.95 bits per heavy atom. The molecule has 0 aliphatic carbocycles. The third kappa shape index (κ3) is 3.26. The molecule has 0 aromatic heterocycles. The van der Waals surface area contributed by atoms with Crippen molar-refractivity contribution in [2.24, 2.45) is 10.9 Å². The minimum absolute atomic E-state index is 0.0619. The molecular weight excluding hydrogens is 259 g/mol. The summed E-state index contributed by atoms with van der Waals surface area (Å²) in [6.07, 6.45) is 0. The first-order chi connectivity index (χ1) is 9.60. The number of ether oxygens (including phenoxy) is 1. The van der Waals surface area contributed by atoms with Gasteiger partial charge >= 0.3 is 0 Å². The molecule has 0 radical (unpaired) electrons. The molecule has 0 bridgehead atoms. The van der Waals surface area contributed by atoms with Gasteiger partial charge in [-0.05, 0) is 36.2 Å². The van der Waals surface area contributed by atoms with Crippen molar-refractivity contribution >= 4 is 5.84 Å². The fourth-order valence-electron chi connectivity index (χ4n) is 1.77. The highest BCUT2D eigenvalue weighted by molar-refractivity contribution is 5.96. The van der Waals surface area contributed by atoms with E-state index in [1.54, 1.807) is 25.1 Å². The van der Waals surface area contributed by atoms with Crippen molar-refractivity contribution in [2.45, 2.75) is 13.5 Å². The van der Waals surface area contributed by atoms with E-state index in [1.807, 2.05) is 12.1 Å². The molecule has 5 heteroatoms. The average Bonchev–Trinajstić information content (AvgIpc) is 2.46. The van der Waals surface area contributed by atoms with Gasteiger partial charge in [-0.3, -0.25) is 0 Å². The summed E-state index contributed by atoms with van der Waals surface area (Å²) in [6, 6.07) is 11.5. The van der Waals surface area contributed by atoms with Gasteiger partial charge in [-0.25, -0.2) is 4.39 Å². The van der Waals surface area contributed by atoms with Crippen LogP contribution in [0.1, 0.15) is 16.7 Å². The number of hydrogen-bond acceptors (Lipinski definition) is 3. The number of amidine groups is 1. The minimum atomic E-state index is -0.280. The molecule has 0 saturated carbocycles. The minimum Gasteiger partial charge on any atom is -0.489 e. The molecule has 0 spiro atoms. The molecule has 0 aliphatic rings. The van der Waals surface area contributed by atoms with Crippen LogP contribution >= 0.6 is 0 Å². The second-order valence-electron chi connectivity index (χ2n) is 4.38. The molecule has 0 saturated heterocycles. The van der Waals surface area contributed by atoms with Crippen LogP contribution in [0.25, 0.3) is 0 Å². The zero-order chi connectivity index (χ0) is 14.5. The lowest BCUT2D eigenvalue weighted by molar-refractivity contribution is 0.303. The maximum atomic E-state index is 13.0. The van der Waals surface area contributed by atoms with E-state index in [0.29, 0.717) is 17.9 Å². The summed E-state index contributed by atoms with van der Waals surface area (Å²) < 4.78 is 18.6. The molecule has 20 heavy (non-hydrogen) atoms. The first-order valence-electron chi connectivity index (χ1n) is 6.06. The average molecular weight is 274 g/mol. The Labute approximate surface area is 116 Å². The second kappa shape index (κ2) is 6.06. The molecular formula is C15H15FN2O2. The van der Waals surface area contributed by atoms with E-state index in [1.165, 1.54) is 12.1 Å². The van der Waals surface area contributed by atoms with E-state index in [0.717, 1.165) is 11.1 Å². The van der Waals surface area contributed by atoms with Gasteiger partial charge in [0.25, 0.3) is 0 Å². The first kappa shape index (κ1) is 13.9. The van der Waals surface area contributed by atoms with Crippen LogP contribution < -0.4 is 10.5 Å². The Morgan fingerprint density at radius 1 is 1.25 bits per heavy atom. The molecule has 0 amide bonds. The van der Waals surface area contributed by atoms with Gasteiger partial charge in [0.1, 0.15) is 18.2 Å². The smallest absolute Gasteiger partial charge is 0.170 e. The van der Waals surface area contributed by atoms with Crippen molar-refractivity contribution in [3.63, 3.8) is 0 Å². The molecule has 2 rings (SSSR count). The largest absolute Gasteiger partial charge is 0.489 e. The zero-order valence-corrected chi connectivity index (χ0v) is 11.0. The second-order valence-corrected chi connectivity index (χ2v) is 4.38. The highest BCUT2D eigenvalue weighted by atomic mass is 19.1. The third-order valence-electron chi connectivity index (χ3n) is 2.89. The lowest BCUT2D eigenvalue weighted by Crippen LogP contribution is -2.12. The van der Waals surface area contributed by atoms with Gasteiger partial charge in [0, 0.05) is 5.56 Å². The molecule has 0 unspecified atom stereocenters. The van der Waals surface area contributed by atoms with Gasteiger partial charge in [-0.2, -0.15) is 0 Å². The number of nitrogens with two attached hydrogens (primary N) is 1. The summed E-state index contributed by atoms with van der Waals surface area (Å²) in [5, 5.41) is 11.5. The van der Waals surface area contributed by atoms with Crippen LogP contribution in [-0.4, -0.2) is 11.0 Å². The number of aryl methyl sites for hydroxylation is 1. The van der Waals surface area contributed by atoms with Crippen LogP contribution in [0.3, 0.4) is 0 Å². The number of rotatable bonds is 4. The summed E-state index contributed by atoms with van der Waals surface area (Å²) in [7, 11) is 0. The number of hydrogen-bond donors (Lipinski definition) is 2. The molecule has 3 N–H and O–H groups in total. The van der Waals surface area contributed by atoms with Crippen LogP contribution in [0.5, 0.6) is 5.75 Å². The number of benzene rings is 2. The predicted molar refractivity (Wildman–Crippen MR) is 74.4 cm³/mol. The summed E-state index contributed by atoms with van der Waals surface area (Å²) >= 11 is 0. The van der Waals surface area contributed by atoms with Crippen LogP contribution in [0.4, 0.5) is 4.39 Å². The zero-order valence-electron chi connectivity index (χ0n) is 11.0. The Kier molecular flexibility index (Phi) is 4.20. The molecule has 104 valence electrons. The molecule has 0 heterocycles. The van der Waals surface area contributed by atoms with Crippen LogP contribution in [0, 0.1) is 12.7 Å². The van der Waals surface area contributed by atoms with Crippen molar-refractivity contribution in [2.75, 3.05) is 0 Å². The summed E-state index contributed by atoms with van der Waals surface area (Å²) in [5.41, 5.74) is 7.79.